The van der Waals surface area contributed by atoms with Gasteiger partial charge in [0.1, 0.15) is 0 Å². The molecule has 2 aliphatic rings. The van der Waals surface area contributed by atoms with Crippen LogP contribution in [0.4, 0.5) is 5.69 Å². The van der Waals surface area contributed by atoms with Gasteiger partial charge in [-0.25, -0.2) is 0 Å². The van der Waals surface area contributed by atoms with E-state index in [1.807, 2.05) is 18.2 Å². The van der Waals surface area contributed by atoms with Gasteiger partial charge in [0.25, 0.3) is 0 Å². The highest BCUT2D eigenvalue weighted by atomic mass is 16.5. The number of carbonyl (C=O) groups excluding carboxylic acids is 1. The Hall–Kier alpha value is -1.43. The van der Waals surface area contributed by atoms with Crippen LogP contribution in [0.3, 0.4) is 0 Å². The molecular weight excluding hydrogens is 314 g/mol. The van der Waals surface area contributed by atoms with Crippen LogP contribution < -0.4 is 10.6 Å². The van der Waals surface area contributed by atoms with Crippen LogP contribution >= 0.6 is 0 Å². The van der Waals surface area contributed by atoms with Crippen molar-refractivity contribution in [3.8, 4) is 0 Å². The molecule has 3 rings (SSSR count). The minimum Gasteiger partial charge on any atom is -0.379 e. The molecule has 2 fully saturated rings. The highest BCUT2D eigenvalue weighted by Crippen LogP contribution is 2.25. The number of piperidine rings is 1. The van der Waals surface area contributed by atoms with Crippen LogP contribution in [0.15, 0.2) is 24.3 Å². The van der Waals surface area contributed by atoms with Crippen LogP contribution in [0.25, 0.3) is 0 Å². The van der Waals surface area contributed by atoms with E-state index in [9.17, 15) is 4.79 Å². The van der Waals surface area contributed by atoms with Gasteiger partial charge in [0, 0.05) is 31.7 Å². The van der Waals surface area contributed by atoms with Crippen molar-refractivity contribution >= 4 is 11.6 Å². The first-order chi connectivity index (χ1) is 12.2. The average molecular weight is 345 g/mol. The van der Waals surface area contributed by atoms with Crippen LogP contribution in [0.1, 0.15) is 31.7 Å². The highest BCUT2D eigenvalue weighted by Gasteiger charge is 2.22. The maximum Gasteiger partial charge on any atom is 0.224 e. The van der Waals surface area contributed by atoms with Gasteiger partial charge in [0.2, 0.25) is 5.91 Å². The second kappa shape index (κ2) is 9.32. The summed E-state index contributed by atoms with van der Waals surface area (Å²) in [5, 5.41) is 6.55. The summed E-state index contributed by atoms with van der Waals surface area (Å²) in [5.41, 5.74) is 2.14. The van der Waals surface area contributed by atoms with Crippen molar-refractivity contribution < 1.29 is 9.53 Å². The molecular formula is C20H31N3O2. The first-order valence-electron chi connectivity index (χ1n) is 9.61. The number of hydrogen-bond donors (Lipinski definition) is 2. The maximum atomic E-state index is 12.5. The number of amides is 1. The third-order valence-corrected chi connectivity index (χ3v) is 5.49. The highest BCUT2D eigenvalue weighted by molar-refractivity contribution is 5.91. The summed E-state index contributed by atoms with van der Waals surface area (Å²) in [5.74, 6) is 1.24. The first kappa shape index (κ1) is 18.4. The van der Waals surface area contributed by atoms with E-state index in [4.69, 9.17) is 4.74 Å². The van der Waals surface area contributed by atoms with Gasteiger partial charge in [-0.05, 0) is 49.4 Å². The number of ether oxygens (including phenoxy) is 1. The van der Waals surface area contributed by atoms with Gasteiger partial charge in [0.05, 0.1) is 13.2 Å². The quantitative estimate of drug-likeness (QED) is 0.832. The molecule has 0 radical (unpaired) electrons. The van der Waals surface area contributed by atoms with Crippen molar-refractivity contribution in [2.24, 2.45) is 11.8 Å². The second-order valence-corrected chi connectivity index (χ2v) is 7.36. The summed E-state index contributed by atoms with van der Waals surface area (Å²) in [6.07, 6.45) is 2.97. The molecule has 25 heavy (non-hydrogen) atoms. The Morgan fingerprint density at radius 2 is 2.00 bits per heavy atom. The SMILES string of the molecule is CC(CC(=O)Nc1ccccc1CN1CCOCC1)C1CCNCC1. The molecule has 0 spiro atoms. The fourth-order valence-electron chi connectivity index (χ4n) is 3.85. The molecule has 2 N–H and O–H groups in total. The molecule has 1 atom stereocenters. The molecule has 0 aromatic heterocycles. The third kappa shape index (κ3) is 5.53. The van der Waals surface area contributed by atoms with Crippen molar-refractivity contribution in [3.63, 3.8) is 0 Å². The van der Waals surface area contributed by atoms with Crippen molar-refractivity contribution in [2.45, 2.75) is 32.7 Å². The number of rotatable bonds is 6. The number of nitrogens with zero attached hydrogens (tertiary/aromatic N) is 1. The molecule has 5 heteroatoms. The number of carbonyl (C=O) groups is 1. The van der Waals surface area contributed by atoms with Crippen LogP contribution in [-0.2, 0) is 16.1 Å². The lowest BCUT2D eigenvalue weighted by atomic mass is 9.84. The minimum atomic E-state index is 0.139. The summed E-state index contributed by atoms with van der Waals surface area (Å²) < 4.78 is 5.42. The molecule has 0 bridgehead atoms. The Morgan fingerprint density at radius 1 is 1.28 bits per heavy atom. The zero-order valence-corrected chi connectivity index (χ0v) is 15.3. The Labute approximate surface area is 151 Å². The van der Waals surface area contributed by atoms with Gasteiger partial charge in [-0.3, -0.25) is 9.69 Å². The molecule has 0 saturated carbocycles. The molecule has 5 nitrogen and oxygen atoms in total. The van der Waals surface area contributed by atoms with Gasteiger partial charge < -0.3 is 15.4 Å². The molecule has 138 valence electrons. The fraction of sp³-hybridized carbons (Fsp3) is 0.650. The number of para-hydroxylation sites is 1. The fourth-order valence-corrected chi connectivity index (χ4v) is 3.85. The summed E-state index contributed by atoms with van der Waals surface area (Å²) in [6.45, 7) is 8.74. The standard InChI is InChI=1S/C20H31N3O2/c1-16(17-6-8-21-9-7-17)14-20(24)22-19-5-3-2-4-18(19)15-23-10-12-25-13-11-23/h2-5,16-17,21H,6-15H2,1H3,(H,22,24). The number of nitrogens with one attached hydrogen (secondary N) is 2. The van der Waals surface area contributed by atoms with Crippen molar-refractivity contribution in [1.82, 2.24) is 10.2 Å². The number of hydrogen-bond acceptors (Lipinski definition) is 4. The Kier molecular flexibility index (Phi) is 6.84. The number of anilines is 1. The van der Waals surface area contributed by atoms with E-state index in [-0.39, 0.29) is 5.91 Å². The van der Waals surface area contributed by atoms with E-state index in [1.54, 1.807) is 0 Å². The number of morpholine rings is 1. The lowest BCUT2D eigenvalue weighted by molar-refractivity contribution is -0.117. The smallest absolute Gasteiger partial charge is 0.224 e. The van der Waals surface area contributed by atoms with Gasteiger partial charge in [-0.1, -0.05) is 25.1 Å². The molecule has 2 heterocycles. The van der Waals surface area contributed by atoms with Gasteiger partial charge in [0.15, 0.2) is 0 Å². The second-order valence-electron chi connectivity index (χ2n) is 7.36. The average Bonchev–Trinajstić information content (AvgIpc) is 2.65. The van der Waals surface area contributed by atoms with E-state index in [2.05, 4.69) is 28.5 Å². The van der Waals surface area contributed by atoms with Crippen molar-refractivity contribution in [3.05, 3.63) is 29.8 Å². The largest absolute Gasteiger partial charge is 0.379 e. The van der Waals surface area contributed by atoms with Gasteiger partial charge >= 0.3 is 0 Å². The first-order valence-corrected chi connectivity index (χ1v) is 9.61. The third-order valence-electron chi connectivity index (χ3n) is 5.49. The lowest BCUT2D eigenvalue weighted by Crippen LogP contribution is -2.36. The van der Waals surface area contributed by atoms with Crippen molar-refractivity contribution in [2.75, 3.05) is 44.7 Å². The predicted molar refractivity (Wildman–Crippen MR) is 101 cm³/mol. The van der Waals surface area contributed by atoms with E-state index in [0.717, 1.165) is 51.6 Å². The summed E-state index contributed by atoms with van der Waals surface area (Å²) in [4.78, 5) is 14.9. The molecule has 1 aromatic carbocycles. The molecule has 2 aliphatic heterocycles. The Morgan fingerprint density at radius 3 is 2.76 bits per heavy atom. The van der Waals surface area contributed by atoms with Crippen LogP contribution in [0.5, 0.6) is 0 Å². The molecule has 1 aromatic rings. The molecule has 1 amide bonds. The zero-order chi connectivity index (χ0) is 17.5. The minimum absolute atomic E-state index is 0.139. The van der Waals surface area contributed by atoms with E-state index >= 15 is 0 Å². The van der Waals surface area contributed by atoms with Crippen molar-refractivity contribution in [1.29, 1.82) is 0 Å². The van der Waals surface area contributed by atoms with Crippen LogP contribution in [0, 0.1) is 11.8 Å². The van der Waals surface area contributed by atoms with Crippen LogP contribution in [0.2, 0.25) is 0 Å². The predicted octanol–water partition coefficient (Wildman–Crippen LogP) is 2.48. The molecule has 1 unspecified atom stereocenters. The zero-order valence-electron chi connectivity index (χ0n) is 15.3. The van der Waals surface area contributed by atoms with Gasteiger partial charge in [-0.15, -0.1) is 0 Å². The van der Waals surface area contributed by atoms with Crippen LogP contribution in [-0.4, -0.2) is 50.2 Å². The molecule has 0 aliphatic carbocycles. The number of benzene rings is 1. The Balaban J connectivity index is 1.55. The van der Waals surface area contributed by atoms with Gasteiger partial charge in [-0.2, -0.15) is 0 Å². The molecule has 2 saturated heterocycles. The van der Waals surface area contributed by atoms with E-state index in [0.29, 0.717) is 18.3 Å². The lowest BCUT2D eigenvalue weighted by Gasteiger charge is -2.28. The summed E-state index contributed by atoms with van der Waals surface area (Å²) in [6, 6.07) is 8.17. The normalized spacial score (nSPS) is 21.0. The maximum absolute atomic E-state index is 12.5. The summed E-state index contributed by atoms with van der Waals surface area (Å²) in [7, 11) is 0. The van der Waals surface area contributed by atoms with E-state index in [1.165, 1.54) is 18.4 Å². The monoisotopic (exact) mass is 345 g/mol. The Bertz CT molecular complexity index is 552. The topological polar surface area (TPSA) is 53.6 Å². The summed E-state index contributed by atoms with van der Waals surface area (Å²) >= 11 is 0. The van der Waals surface area contributed by atoms with E-state index < -0.39 is 0 Å².